The lowest BCUT2D eigenvalue weighted by atomic mass is 10.1. The fourth-order valence-electron chi connectivity index (χ4n) is 2.25. The number of rotatable bonds is 3. The Morgan fingerprint density at radius 2 is 1.95 bits per heavy atom. The average molecular weight is 352 g/mol. The number of ether oxygens (including phenoxy) is 1. The van der Waals surface area contributed by atoms with E-state index in [0.717, 1.165) is 12.8 Å². The molecule has 0 spiro atoms. The summed E-state index contributed by atoms with van der Waals surface area (Å²) < 4.78 is 28.3. The van der Waals surface area contributed by atoms with Gasteiger partial charge in [0.25, 0.3) is 15.0 Å². The summed E-state index contributed by atoms with van der Waals surface area (Å²) in [5.41, 5.74) is 0.507. The van der Waals surface area contributed by atoms with E-state index in [2.05, 4.69) is 5.32 Å². The van der Waals surface area contributed by atoms with Crippen molar-refractivity contribution in [1.29, 1.82) is 0 Å². The first-order chi connectivity index (χ1) is 9.79. The van der Waals surface area contributed by atoms with Gasteiger partial charge in [-0.25, -0.2) is 8.42 Å². The number of hydrogen-bond acceptors (Lipinski definition) is 4. The summed E-state index contributed by atoms with van der Waals surface area (Å²) in [4.78, 5) is 12.2. The SMILES string of the molecule is Cc1c(C(=O)NC2CCOCC2)cc(Cl)cc1S(=O)(=O)Cl. The normalized spacial score (nSPS) is 16.7. The molecule has 1 N–H and O–H groups in total. The quantitative estimate of drug-likeness (QED) is 0.849. The lowest BCUT2D eigenvalue weighted by Crippen LogP contribution is -2.39. The minimum Gasteiger partial charge on any atom is -0.381 e. The minimum absolute atomic E-state index is 0.0145. The summed E-state index contributed by atoms with van der Waals surface area (Å²) in [7, 11) is 1.41. The van der Waals surface area contributed by atoms with Crippen molar-refractivity contribution in [3.05, 3.63) is 28.3 Å². The van der Waals surface area contributed by atoms with Gasteiger partial charge in [-0.3, -0.25) is 4.79 Å². The van der Waals surface area contributed by atoms with Crippen LogP contribution in [0.5, 0.6) is 0 Å². The molecule has 0 atom stereocenters. The number of nitrogens with one attached hydrogen (secondary N) is 1. The fraction of sp³-hybridized carbons (Fsp3) is 0.462. The highest BCUT2D eigenvalue weighted by atomic mass is 35.7. The first kappa shape index (κ1) is 16.5. The Balaban J connectivity index is 2.30. The van der Waals surface area contributed by atoms with Crippen LogP contribution in [0, 0.1) is 6.92 Å². The molecule has 0 radical (unpaired) electrons. The Morgan fingerprint density at radius 3 is 2.52 bits per heavy atom. The van der Waals surface area contributed by atoms with E-state index in [0.29, 0.717) is 18.8 Å². The van der Waals surface area contributed by atoms with Gasteiger partial charge < -0.3 is 10.1 Å². The summed E-state index contributed by atoms with van der Waals surface area (Å²) in [6.45, 7) is 2.73. The molecule has 1 aliphatic rings. The molecular formula is C13H15Cl2NO4S. The Bertz CT molecular complexity index is 654. The van der Waals surface area contributed by atoms with Gasteiger partial charge in [0.1, 0.15) is 0 Å². The molecule has 5 nitrogen and oxygen atoms in total. The first-order valence-electron chi connectivity index (χ1n) is 6.42. The van der Waals surface area contributed by atoms with Crippen LogP contribution in [0.15, 0.2) is 17.0 Å². The summed E-state index contributed by atoms with van der Waals surface area (Å²) in [6.07, 6.45) is 1.46. The predicted molar refractivity (Wildman–Crippen MR) is 80.5 cm³/mol. The van der Waals surface area contributed by atoms with Crippen LogP contribution < -0.4 is 5.32 Å². The van der Waals surface area contributed by atoms with E-state index in [4.69, 9.17) is 27.0 Å². The van der Waals surface area contributed by atoms with Gasteiger partial charge in [0.15, 0.2) is 0 Å². The van der Waals surface area contributed by atoms with Gasteiger partial charge in [0.2, 0.25) is 0 Å². The molecule has 1 fully saturated rings. The van der Waals surface area contributed by atoms with Gasteiger partial charge in [0, 0.05) is 40.5 Å². The van der Waals surface area contributed by atoms with E-state index in [-0.39, 0.29) is 27.4 Å². The molecule has 1 aromatic carbocycles. The van der Waals surface area contributed by atoms with E-state index in [9.17, 15) is 13.2 Å². The van der Waals surface area contributed by atoms with Crippen molar-refractivity contribution in [3.8, 4) is 0 Å². The van der Waals surface area contributed by atoms with E-state index in [1.807, 2.05) is 0 Å². The Morgan fingerprint density at radius 1 is 1.33 bits per heavy atom. The number of benzene rings is 1. The maximum atomic E-state index is 12.3. The second kappa shape index (κ2) is 6.52. The van der Waals surface area contributed by atoms with Gasteiger partial charge in [-0.05, 0) is 37.5 Å². The van der Waals surface area contributed by atoms with Gasteiger partial charge in [-0.15, -0.1) is 0 Å². The van der Waals surface area contributed by atoms with Crippen molar-refractivity contribution in [3.63, 3.8) is 0 Å². The Hall–Kier alpha value is -0.820. The van der Waals surface area contributed by atoms with Crippen molar-refractivity contribution in [2.45, 2.75) is 30.7 Å². The standard InChI is InChI=1S/C13H15Cl2NO4S/c1-8-11(6-9(14)7-12(8)21(15,18)19)13(17)16-10-2-4-20-5-3-10/h6-7,10H,2-5H2,1H3,(H,16,17). The Kier molecular flexibility index (Phi) is 5.14. The number of halogens is 2. The lowest BCUT2D eigenvalue weighted by Gasteiger charge is -2.23. The molecule has 116 valence electrons. The average Bonchev–Trinajstić information content (AvgIpc) is 2.40. The van der Waals surface area contributed by atoms with Gasteiger partial charge in [-0.1, -0.05) is 11.6 Å². The van der Waals surface area contributed by atoms with E-state index < -0.39 is 9.05 Å². The highest BCUT2D eigenvalue weighted by Crippen LogP contribution is 2.27. The number of carbonyl (C=O) groups excluding carboxylic acids is 1. The van der Waals surface area contributed by atoms with Crippen molar-refractivity contribution >= 4 is 37.2 Å². The summed E-state index contributed by atoms with van der Waals surface area (Å²) in [5.74, 6) is -0.358. The smallest absolute Gasteiger partial charge is 0.261 e. The molecule has 8 heteroatoms. The third kappa shape index (κ3) is 4.10. The van der Waals surface area contributed by atoms with Crippen molar-refractivity contribution in [2.75, 3.05) is 13.2 Å². The number of amides is 1. The molecule has 1 saturated heterocycles. The highest BCUT2D eigenvalue weighted by Gasteiger charge is 2.23. The van der Waals surface area contributed by atoms with Crippen LogP contribution >= 0.6 is 22.3 Å². The maximum Gasteiger partial charge on any atom is 0.261 e. The molecule has 0 aliphatic carbocycles. The van der Waals surface area contributed by atoms with Crippen LogP contribution in [-0.4, -0.2) is 33.6 Å². The predicted octanol–water partition coefficient (Wildman–Crippen LogP) is 2.48. The molecule has 0 bridgehead atoms. The van der Waals surface area contributed by atoms with Crippen LogP contribution in [0.4, 0.5) is 0 Å². The molecule has 1 amide bonds. The third-order valence-corrected chi connectivity index (χ3v) is 5.05. The zero-order valence-electron chi connectivity index (χ0n) is 11.4. The molecule has 1 heterocycles. The largest absolute Gasteiger partial charge is 0.381 e. The second-order valence-electron chi connectivity index (χ2n) is 4.87. The highest BCUT2D eigenvalue weighted by molar-refractivity contribution is 8.13. The second-order valence-corrected chi connectivity index (χ2v) is 7.85. The molecule has 21 heavy (non-hydrogen) atoms. The molecule has 1 aromatic rings. The van der Waals surface area contributed by atoms with Crippen LogP contribution in [0.3, 0.4) is 0 Å². The summed E-state index contributed by atoms with van der Waals surface area (Å²) in [6, 6.07) is 2.70. The first-order valence-corrected chi connectivity index (χ1v) is 9.11. The van der Waals surface area contributed by atoms with Gasteiger partial charge in [-0.2, -0.15) is 0 Å². The van der Waals surface area contributed by atoms with Crippen molar-refractivity contribution < 1.29 is 17.9 Å². The number of carbonyl (C=O) groups is 1. The molecule has 0 saturated carbocycles. The van der Waals surface area contributed by atoms with Crippen LogP contribution in [-0.2, 0) is 13.8 Å². The summed E-state index contributed by atoms with van der Waals surface area (Å²) in [5, 5.41) is 3.02. The van der Waals surface area contributed by atoms with Gasteiger partial charge in [0.05, 0.1) is 4.90 Å². The third-order valence-electron chi connectivity index (χ3n) is 3.39. The molecule has 2 rings (SSSR count). The van der Waals surface area contributed by atoms with Crippen LogP contribution in [0.2, 0.25) is 5.02 Å². The topological polar surface area (TPSA) is 72.5 Å². The van der Waals surface area contributed by atoms with Crippen molar-refractivity contribution in [1.82, 2.24) is 5.32 Å². The van der Waals surface area contributed by atoms with E-state index in [1.54, 1.807) is 0 Å². The maximum absolute atomic E-state index is 12.3. The number of hydrogen-bond donors (Lipinski definition) is 1. The van der Waals surface area contributed by atoms with Gasteiger partial charge >= 0.3 is 0 Å². The van der Waals surface area contributed by atoms with Crippen molar-refractivity contribution in [2.24, 2.45) is 0 Å². The minimum atomic E-state index is -3.96. The monoisotopic (exact) mass is 351 g/mol. The zero-order chi connectivity index (χ0) is 15.6. The van der Waals surface area contributed by atoms with Crippen LogP contribution in [0.1, 0.15) is 28.8 Å². The Labute approximate surface area is 133 Å². The summed E-state index contributed by atoms with van der Waals surface area (Å²) >= 11 is 5.89. The molecule has 0 unspecified atom stereocenters. The van der Waals surface area contributed by atoms with Crippen LogP contribution in [0.25, 0.3) is 0 Å². The molecule has 1 aliphatic heterocycles. The fourth-order valence-corrected chi connectivity index (χ4v) is 3.76. The van der Waals surface area contributed by atoms with E-state index in [1.165, 1.54) is 19.1 Å². The molecule has 0 aromatic heterocycles. The molecular weight excluding hydrogens is 337 g/mol. The van der Waals surface area contributed by atoms with E-state index >= 15 is 0 Å². The lowest BCUT2D eigenvalue weighted by molar-refractivity contribution is 0.0696. The zero-order valence-corrected chi connectivity index (χ0v) is 13.7.